The average Bonchev–Trinajstić information content (AvgIpc) is 3.41. The van der Waals surface area contributed by atoms with Gasteiger partial charge in [-0.05, 0) is 45.4 Å². The van der Waals surface area contributed by atoms with Gasteiger partial charge in [-0.15, -0.1) is 5.10 Å². The average molecular weight is 525 g/mol. The number of aromatic nitrogens is 5. The number of carbonyl (C=O) groups excluding carboxylic acids is 1. The number of nitrogens with zero attached hydrogens (tertiary/aromatic N) is 6. The van der Waals surface area contributed by atoms with Gasteiger partial charge in [-0.25, -0.2) is 17.8 Å². The van der Waals surface area contributed by atoms with Crippen LogP contribution in [0.15, 0.2) is 41.7 Å². The second-order valence-corrected chi connectivity index (χ2v) is 11.1. The molecule has 36 heavy (non-hydrogen) atoms. The number of aryl methyl sites for hydroxylation is 1. The maximum Gasteiger partial charge on any atom is 0.333 e. The molecule has 0 saturated heterocycles. The molecule has 2 aromatic heterocycles. The Hall–Kier alpha value is -3.55. The van der Waals surface area contributed by atoms with Crippen molar-refractivity contribution < 1.29 is 31.5 Å². The van der Waals surface area contributed by atoms with Crippen LogP contribution in [0.5, 0.6) is 5.75 Å². The molecule has 194 valence electrons. The molecule has 0 bridgehead atoms. The van der Waals surface area contributed by atoms with E-state index in [1.54, 1.807) is 39.1 Å². The number of rotatable bonds is 7. The maximum absolute atomic E-state index is 13.7. The van der Waals surface area contributed by atoms with Gasteiger partial charge in [-0.2, -0.15) is 13.9 Å². The van der Waals surface area contributed by atoms with Crippen molar-refractivity contribution in [3.63, 3.8) is 0 Å². The highest BCUT2D eigenvalue weighted by molar-refractivity contribution is 7.92. The van der Waals surface area contributed by atoms with E-state index in [0.717, 1.165) is 10.5 Å². The summed E-state index contributed by atoms with van der Waals surface area (Å²) in [5, 5.41) is 11.3. The summed E-state index contributed by atoms with van der Waals surface area (Å²) >= 11 is 0. The van der Waals surface area contributed by atoms with E-state index < -0.39 is 34.2 Å². The van der Waals surface area contributed by atoms with E-state index >= 15 is 0 Å². The van der Waals surface area contributed by atoms with Crippen LogP contribution < -0.4 is 9.04 Å². The molecule has 0 amide bonds. The predicted octanol–water partition coefficient (Wildman–Crippen LogP) is 2.72. The summed E-state index contributed by atoms with van der Waals surface area (Å²) in [5.41, 5.74) is -0.0708. The first-order chi connectivity index (χ1) is 16.8. The van der Waals surface area contributed by atoms with Gasteiger partial charge < -0.3 is 9.47 Å². The van der Waals surface area contributed by atoms with Crippen molar-refractivity contribution >= 4 is 21.7 Å². The Labute approximate surface area is 206 Å². The molecule has 0 unspecified atom stereocenters. The fraction of sp³-hybridized carbons (Fsp3) is 0.455. The van der Waals surface area contributed by atoms with E-state index in [0.29, 0.717) is 10.2 Å². The Morgan fingerprint density at radius 2 is 2.06 bits per heavy atom. The number of carbonyl (C=O) groups is 1. The fourth-order valence-electron chi connectivity index (χ4n) is 3.81. The molecule has 1 atom stereocenters. The molecule has 0 saturated carbocycles. The largest absolute Gasteiger partial charge is 0.484 e. The smallest absolute Gasteiger partial charge is 0.333 e. The van der Waals surface area contributed by atoms with Crippen molar-refractivity contribution in [3.05, 3.63) is 48.0 Å². The second-order valence-electron chi connectivity index (χ2n) is 9.30. The zero-order valence-electron chi connectivity index (χ0n) is 20.1. The highest BCUT2D eigenvalue weighted by Gasteiger charge is 2.37. The van der Waals surface area contributed by atoms with Crippen LogP contribution in [0.4, 0.5) is 14.5 Å². The third kappa shape index (κ3) is 5.48. The van der Waals surface area contributed by atoms with E-state index in [1.165, 1.54) is 23.9 Å². The topological polar surface area (TPSA) is 121 Å². The molecule has 0 radical (unpaired) electrons. The number of hydrogen-bond acceptors (Lipinski definition) is 8. The summed E-state index contributed by atoms with van der Waals surface area (Å²) in [6.45, 7) is 3.65. The minimum atomic E-state index is -4.33. The molecule has 1 aromatic carbocycles. The number of esters is 1. The summed E-state index contributed by atoms with van der Waals surface area (Å²) < 4.78 is 68.1. The molecule has 0 aliphatic carbocycles. The SMILES string of the molecule is Cc1nn(C(F)F)cc1S(=O)(=O)N1C[C@H](Cn2ccnn2)Oc2ccc(CC(=O)OC(C)(C)C)cc21. The van der Waals surface area contributed by atoms with Gasteiger partial charge in [0.25, 0.3) is 10.0 Å². The molecular weight excluding hydrogens is 498 g/mol. The molecule has 3 heterocycles. The number of benzene rings is 1. The van der Waals surface area contributed by atoms with Crippen LogP contribution in [0.3, 0.4) is 0 Å². The lowest BCUT2D eigenvalue weighted by atomic mass is 10.1. The number of alkyl halides is 2. The zero-order chi connectivity index (χ0) is 26.3. The van der Waals surface area contributed by atoms with Gasteiger partial charge in [0.05, 0.1) is 43.3 Å². The lowest BCUT2D eigenvalue weighted by molar-refractivity contribution is -0.153. The number of ether oxygens (including phenoxy) is 2. The van der Waals surface area contributed by atoms with Crippen LogP contribution in [-0.4, -0.2) is 57.4 Å². The lowest BCUT2D eigenvalue weighted by Gasteiger charge is -2.35. The Morgan fingerprint density at radius 1 is 1.31 bits per heavy atom. The van der Waals surface area contributed by atoms with Crippen molar-refractivity contribution in [2.45, 2.75) is 63.8 Å². The van der Waals surface area contributed by atoms with Gasteiger partial charge in [0.15, 0.2) is 0 Å². The van der Waals surface area contributed by atoms with Gasteiger partial charge in [0, 0.05) is 6.20 Å². The van der Waals surface area contributed by atoms with Crippen molar-refractivity contribution in [1.29, 1.82) is 0 Å². The number of sulfonamides is 1. The van der Waals surface area contributed by atoms with Crippen LogP contribution in [0.2, 0.25) is 0 Å². The molecule has 0 spiro atoms. The van der Waals surface area contributed by atoms with Crippen molar-refractivity contribution in [3.8, 4) is 5.75 Å². The first kappa shape index (κ1) is 25.5. The minimum Gasteiger partial charge on any atom is -0.484 e. The predicted molar refractivity (Wildman–Crippen MR) is 123 cm³/mol. The molecule has 0 fully saturated rings. The van der Waals surface area contributed by atoms with Crippen molar-refractivity contribution in [2.24, 2.45) is 0 Å². The Morgan fingerprint density at radius 3 is 2.67 bits per heavy atom. The molecule has 1 aliphatic heterocycles. The van der Waals surface area contributed by atoms with Crippen LogP contribution in [0, 0.1) is 6.92 Å². The third-order valence-corrected chi connectivity index (χ3v) is 7.11. The molecule has 11 nitrogen and oxygen atoms in total. The van der Waals surface area contributed by atoms with E-state index in [-0.39, 0.29) is 41.5 Å². The minimum absolute atomic E-state index is 0.0684. The number of hydrogen-bond donors (Lipinski definition) is 0. The summed E-state index contributed by atoms with van der Waals surface area (Å²) in [4.78, 5) is 12.0. The van der Waals surface area contributed by atoms with Gasteiger partial charge in [-0.1, -0.05) is 11.3 Å². The Balaban J connectivity index is 1.72. The second kappa shape index (κ2) is 9.48. The normalized spacial score (nSPS) is 16.1. The molecular formula is C22H26F2N6O5S. The van der Waals surface area contributed by atoms with Gasteiger partial charge in [-0.3, -0.25) is 9.10 Å². The summed E-state index contributed by atoms with van der Waals surface area (Å²) in [5.74, 6) is -0.228. The highest BCUT2D eigenvalue weighted by atomic mass is 32.2. The van der Waals surface area contributed by atoms with Crippen LogP contribution >= 0.6 is 0 Å². The number of anilines is 1. The summed E-state index contributed by atoms with van der Waals surface area (Å²) in [7, 11) is -4.33. The quantitative estimate of drug-likeness (QED) is 0.433. The maximum atomic E-state index is 13.7. The number of halogens is 2. The first-order valence-electron chi connectivity index (χ1n) is 11.1. The van der Waals surface area contributed by atoms with Crippen LogP contribution in [0.1, 0.15) is 38.6 Å². The molecule has 1 aliphatic rings. The summed E-state index contributed by atoms with van der Waals surface area (Å²) in [6.07, 6.45) is 3.15. The molecule has 0 N–H and O–H groups in total. The van der Waals surface area contributed by atoms with Crippen LogP contribution in [-0.2, 0) is 32.5 Å². The van der Waals surface area contributed by atoms with E-state index in [9.17, 15) is 22.0 Å². The number of fused-ring (bicyclic) bond motifs is 1. The van der Waals surface area contributed by atoms with Gasteiger partial charge in [0.1, 0.15) is 22.4 Å². The molecule has 14 heteroatoms. The van der Waals surface area contributed by atoms with Crippen LogP contribution in [0.25, 0.3) is 0 Å². The van der Waals surface area contributed by atoms with Crippen molar-refractivity contribution in [1.82, 2.24) is 24.8 Å². The lowest BCUT2D eigenvalue weighted by Crippen LogP contribution is -2.45. The van der Waals surface area contributed by atoms with Gasteiger partial charge >= 0.3 is 12.5 Å². The summed E-state index contributed by atoms with van der Waals surface area (Å²) in [6, 6.07) is 4.74. The monoisotopic (exact) mass is 524 g/mol. The molecule has 3 aromatic rings. The zero-order valence-corrected chi connectivity index (χ0v) is 20.9. The van der Waals surface area contributed by atoms with E-state index in [4.69, 9.17) is 9.47 Å². The van der Waals surface area contributed by atoms with Crippen molar-refractivity contribution in [2.75, 3.05) is 10.8 Å². The fourth-order valence-corrected chi connectivity index (χ4v) is 5.47. The highest BCUT2D eigenvalue weighted by Crippen LogP contribution is 2.39. The molecule has 4 rings (SSSR count). The Kier molecular flexibility index (Phi) is 6.73. The van der Waals surface area contributed by atoms with Gasteiger partial charge in [0.2, 0.25) is 0 Å². The van der Waals surface area contributed by atoms with E-state index in [2.05, 4.69) is 15.4 Å². The Bertz CT molecular complexity index is 1350. The first-order valence-corrected chi connectivity index (χ1v) is 12.5. The third-order valence-electron chi connectivity index (χ3n) is 5.23. The standard InChI is InChI=1S/C22H26F2N6O5S/c1-14-19(13-29(26-14)21(23)24)36(32,33)30-12-16(11-28-8-7-25-27-28)34-18-6-5-15(9-17(18)30)10-20(31)35-22(2,3)4/h5-9,13,16,21H,10-12H2,1-4H3/t16-/m0/s1. The van der Waals surface area contributed by atoms with E-state index in [1.807, 2.05) is 0 Å².